The van der Waals surface area contributed by atoms with E-state index in [9.17, 15) is 4.79 Å². The first-order chi connectivity index (χ1) is 11.2. The molecule has 0 atom stereocenters. The largest absolute Gasteiger partial charge is 0.338 e. The summed E-state index contributed by atoms with van der Waals surface area (Å²) < 4.78 is 6.92. The molecule has 23 heavy (non-hydrogen) atoms. The zero-order valence-electron chi connectivity index (χ0n) is 13.2. The van der Waals surface area contributed by atoms with Gasteiger partial charge in [0.25, 0.3) is 5.56 Å². The molecule has 0 aliphatic rings. The number of para-hydroxylation sites is 1. The van der Waals surface area contributed by atoms with E-state index in [4.69, 9.17) is 4.52 Å². The second kappa shape index (κ2) is 6.95. The normalized spacial score (nSPS) is 11.2. The summed E-state index contributed by atoms with van der Waals surface area (Å²) in [4.78, 5) is 21.6. The van der Waals surface area contributed by atoms with E-state index in [0.29, 0.717) is 40.1 Å². The molecule has 0 fully saturated rings. The van der Waals surface area contributed by atoms with Crippen LogP contribution in [-0.4, -0.2) is 19.7 Å². The van der Waals surface area contributed by atoms with Gasteiger partial charge in [-0.15, -0.1) is 0 Å². The van der Waals surface area contributed by atoms with Gasteiger partial charge in [-0.3, -0.25) is 9.36 Å². The molecule has 0 aliphatic heterocycles. The number of benzene rings is 1. The van der Waals surface area contributed by atoms with Gasteiger partial charge in [0.2, 0.25) is 5.89 Å². The molecule has 0 aliphatic carbocycles. The Kier molecular flexibility index (Phi) is 4.76. The minimum Gasteiger partial charge on any atom is -0.338 e. The van der Waals surface area contributed by atoms with Crippen LogP contribution in [0.2, 0.25) is 0 Å². The minimum atomic E-state index is -0.000253. The molecule has 1 aromatic carbocycles. The fourth-order valence-corrected chi connectivity index (χ4v) is 3.16. The third-order valence-corrected chi connectivity index (χ3v) is 4.39. The molecule has 7 heteroatoms. The third kappa shape index (κ3) is 3.29. The molecule has 0 unspecified atom stereocenters. The zero-order chi connectivity index (χ0) is 16.2. The molecular weight excluding hydrogens is 312 g/mol. The van der Waals surface area contributed by atoms with Crippen molar-refractivity contribution >= 4 is 22.7 Å². The second-order valence-electron chi connectivity index (χ2n) is 5.11. The average Bonchev–Trinajstić information content (AvgIpc) is 3.04. The second-order valence-corrected chi connectivity index (χ2v) is 6.06. The lowest BCUT2D eigenvalue weighted by Gasteiger charge is -2.11. The first-order valence-electron chi connectivity index (χ1n) is 7.66. The van der Waals surface area contributed by atoms with Crippen molar-refractivity contribution in [3.63, 3.8) is 0 Å². The van der Waals surface area contributed by atoms with Gasteiger partial charge in [0.15, 0.2) is 11.0 Å². The third-order valence-electron chi connectivity index (χ3n) is 3.42. The summed E-state index contributed by atoms with van der Waals surface area (Å²) in [6.07, 6.45) is 1.61. The highest BCUT2D eigenvalue weighted by atomic mass is 32.2. The highest BCUT2D eigenvalue weighted by Crippen LogP contribution is 2.21. The van der Waals surface area contributed by atoms with Crippen LogP contribution in [0.1, 0.15) is 32.0 Å². The van der Waals surface area contributed by atoms with E-state index in [-0.39, 0.29) is 5.56 Å². The van der Waals surface area contributed by atoms with E-state index < -0.39 is 0 Å². The van der Waals surface area contributed by atoms with Crippen molar-refractivity contribution in [2.24, 2.45) is 0 Å². The highest BCUT2D eigenvalue weighted by Gasteiger charge is 2.13. The van der Waals surface area contributed by atoms with Crippen LogP contribution in [0.15, 0.2) is 38.7 Å². The van der Waals surface area contributed by atoms with Gasteiger partial charge in [0, 0.05) is 13.0 Å². The lowest BCUT2D eigenvalue weighted by atomic mass is 10.2. The van der Waals surface area contributed by atoms with E-state index in [1.54, 1.807) is 4.57 Å². The molecule has 0 spiro atoms. The standard InChI is InChI=1S/C16H18N4O2S/c1-3-9-20-15(21)11-7-5-6-8-12(11)17-16(20)23-10-14-18-13(4-2)19-22-14/h5-8H,3-4,9-10H2,1-2H3. The Bertz CT molecular complexity index is 872. The van der Waals surface area contributed by atoms with Gasteiger partial charge in [0.05, 0.1) is 16.7 Å². The van der Waals surface area contributed by atoms with Crippen LogP contribution < -0.4 is 5.56 Å². The van der Waals surface area contributed by atoms with Gasteiger partial charge >= 0.3 is 0 Å². The van der Waals surface area contributed by atoms with E-state index >= 15 is 0 Å². The summed E-state index contributed by atoms with van der Waals surface area (Å²) in [5, 5.41) is 5.22. The van der Waals surface area contributed by atoms with Crippen molar-refractivity contribution in [1.82, 2.24) is 19.7 Å². The number of aryl methyl sites for hydroxylation is 1. The summed E-state index contributed by atoms with van der Waals surface area (Å²) in [7, 11) is 0. The average molecular weight is 330 g/mol. The van der Waals surface area contributed by atoms with Gasteiger partial charge in [-0.25, -0.2) is 4.98 Å². The molecule has 0 radical (unpaired) electrons. The summed E-state index contributed by atoms with van der Waals surface area (Å²) >= 11 is 1.45. The zero-order valence-corrected chi connectivity index (χ0v) is 14.0. The molecule has 0 N–H and O–H groups in total. The lowest BCUT2D eigenvalue weighted by Crippen LogP contribution is -2.23. The topological polar surface area (TPSA) is 73.8 Å². The first kappa shape index (κ1) is 15.7. The van der Waals surface area contributed by atoms with E-state index in [2.05, 4.69) is 15.1 Å². The number of fused-ring (bicyclic) bond motifs is 1. The Morgan fingerprint density at radius 1 is 1.22 bits per heavy atom. The summed E-state index contributed by atoms with van der Waals surface area (Å²) in [6.45, 7) is 4.66. The molecule has 6 nitrogen and oxygen atoms in total. The molecule has 0 saturated carbocycles. The Morgan fingerprint density at radius 3 is 2.78 bits per heavy atom. The maximum Gasteiger partial charge on any atom is 0.262 e. The van der Waals surface area contributed by atoms with Crippen molar-refractivity contribution in [3.8, 4) is 0 Å². The summed E-state index contributed by atoms with van der Waals surface area (Å²) in [5.41, 5.74) is 0.715. The van der Waals surface area contributed by atoms with Crippen LogP contribution in [-0.2, 0) is 18.7 Å². The van der Waals surface area contributed by atoms with Crippen molar-refractivity contribution in [1.29, 1.82) is 0 Å². The van der Waals surface area contributed by atoms with Crippen molar-refractivity contribution in [2.75, 3.05) is 0 Å². The van der Waals surface area contributed by atoms with Crippen LogP contribution in [0.25, 0.3) is 10.9 Å². The predicted molar refractivity (Wildman–Crippen MR) is 89.5 cm³/mol. The van der Waals surface area contributed by atoms with Gasteiger partial charge in [-0.05, 0) is 18.6 Å². The molecule has 0 bridgehead atoms. The highest BCUT2D eigenvalue weighted by molar-refractivity contribution is 7.98. The van der Waals surface area contributed by atoms with E-state index in [1.807, 2.05) is 38.1 Å². The van der Waals surface area contributed by atoms with Gasteiger partial charge < -0.3 is 4.52 Å². The number of hydrogen-bond donors (Lipinski definition) is 0. The van der Waals surface area contributed by atoms with Crippen LogP contribution in [0, 0.1) is 0 Å². The van der Waals surface area contributed by atoms with Crippen molar-refractivity contribution < 1.29 is 4.52 Å². The van der Waals surface area contributed by atoms with Crippen LogP contribution >= 0.6 is 11.8 Å². The smallest absolute Gasteiger partial charge is 0.262 e. The Balaban J connectivity index is 1.94. The maximum atomic E-state index is 12.7. The molecule has 0 saturated heterocycles. The van der Waals surface area contributed by atoms with Crippen LogP contribution in [0.4, 0.5) is 0 Å². The Morgan fingerprint density at radius 2 is 2.04 bits per heavy atom. The monoisotopic (exact) mass is 330 g/mol. The van der Waals surface area contributed by atoms with Gasteiger partial charge in [0.1, 0.15) is 0 Å². The fraction of sp³-hybridized carbons (Fsp3) is 0.375. The maximum absolute atomic E-state index is 12.7. The van der Waals surface area contributed by atoms with Crippen molar-refractivity contribution in [2.45, 2.75) is 44.1 Å². The first-order valence-corrected chi connectivity index (χ1v) is 8.65. The number of aromatic nitrogens is 4. The van der Waals surface area contributed by atoms with Crippen molar-refractivity contribution in [3.05, 3.63) is 46.3 Å². The molecule has 2 heterocycles. The Hall–Kier alpha value is -2.15. The van der Waals surface area contributed by atoms with Gasteiger partial charge in [-0.2, -0.15) is 4.98 Å². The fourth-order valence-electron chi connectivity index (χ4n) is 2.30. The van der Waals surface area contributed by atoms with Gasteiger partial charge in [-0.1, -0.05) is 42.9 Å². The molecular formula is C16H18N4O2S. The number of nitrogens with zero attached hydrogens (tertiary/aromatic N) is 4. The summed E-state index contributed by atoms with van der Waals surface area (Å²) in [6, 6.07) is 7.42. The summed E-state index contributed by atoms with van der Waals surface area (Å²) in [5.74, 6) is 1.75. The number of thioether (sulfide) groups is 1. The lowest BCUT2D eigenvalue weighted by molar-refractivity contribution is 0.385. The number of hydrogen-bond acceptors (Lipinski definition) is 6. The van der Waals surface area contributed by atoms with E-state index in [1.165, 1.54) is 11.8 Å². The molecule has 3 rings (SSSR count). The van der Waals surface area contributed by atoms with Crippen LogP contribution in [0.3, 0.4) is 0 Å². The molecule has 120 valence electrons. The predicted octanol–water partition coefficient (Wildman–Crippen LogP) is 3.04. The molecule has 3 aromatic rings. The molecule has 0 amide bonds. The Labute approximate surface area is 137 Å². The quantitative estimate of drug-likeness (QED) is 0.511. The number of rotatable bonds is 6. The molecule has 2 aromatic heterocycles. The van der Waals surface area contributed by atoms with E-state index in [0.717, 1.165) is 12.8 Å². The van der Waals surface area contributed by atoms with Crippen LogP contribution in [0.5, 0.6) is 0 Å². The SMILES string of the molecule is CCCn1c(SCc2nc(CC)no2)nc2ccccc2c1=O. The minimum absolute atomic E-state index is 0.000253.